The van der Waals surface area contributed by atoms with Gasteiger partial charge in [-0.25, -0.2) is 0 Å². The number of nitrogens with zero attached hydrogens (tertiary/aromatic N) is 2. The first-order valence-corrected chi connectivity index (χ1v) is 7.58. The quantitative estimate of drug-likeness (QED) is 0.840. The van der Waals surface area contributed by atoms with Crippen LogP contribution < -0.4 is 10.1 Å². The summed E-state index contributed by atoms with van der Waals surface area (Å²) in [5.41, 5.74) is 2.41. The maximum atomic E-state index is 5.44. The number of ether oxygens (including phenoxy) is 1. The number of hydrogen-bond donors (Lipinski definition) is 1. The van der Waals surface area contributed by atoms with Crippen molar-refractivity contribution < 1.29 is 4.74 Å². The molecular formula is C17H25N3O. The van der Waals surface area contributed by atoms with Gasteiger partial charge in [0, 0.05) is 24.8 Å². The third kappa shape index (κ3) is 4.52. The van der Waals surface area contributed by atoms with Crippen LogP contribution in [0.1, 0.15) is 32.0 Å². The summed E-state index contributed by atoms with van der Waals surface area (Å²) >= 11 is 0. The van der Waals surface area contributed by atoms with Gasteiger partial charge in [-0.2, -0.15) is 5.10 Å². The van der Waals surface area contributed by atoms with E-state index in [-0.39, 0.29) is 0 Å². The Morgan fingerprint density at radius 1 is 1.24 bits per heavy atom. The van der Waals surface area contributed by atoms with Crippen LogP contribution in [0, 0.1) is 12.8 Å². The third-order valence-corrected chi connectivity index (χ3v) is 3.23. The molecule has 21 heavy (non-hydrogen) atoms. The fourth-order valence-corrected chi connectivity index (χ4v) is 2.19. The molecule has 0 atom stereocenters. The van der Waals surface area contributed by atoms with E-state index in [1.165, 1.54) is 11.3 Å². The number of benzene rings is 1. The maximum absolute atomic E-state index is 5.44. The molecule has 0 spiro atoms. The highest BCUT2D eigenvalue weighted by Crippen LogP contribution is 2.15. The molecule has 0 amide bonds. The molecule has 0 aliphatic rings. The summed E-state index contributed by atoms with van der Waals surface area (Å²) in [5.74, 6) is 2.45. The smallest absolute Gasteiger partial charge is 0.148 e. The number of aromatic nitrogens is 2. The third-order valence-electron chi connectivity index (χ3n) is 3.23. The van der Waals surface area contributed by atoms with Crippen LogP contribution in [-0.4, -0.2) is 16.4 Å². The number of hydrogen-bond acceptors (Lipinski definition) is 3. The zero-order valence-corrected chi connectivity index (χ0v) is 13.4. The van der Waals surface area contributed by atoms with Crippen LogP contribution in [-0.2, 0) is 13.1 Å². The summed E-state index contributed by atoms with van der Waals surface area (Å²) in [5, 5.41) is 7.97. The minimum atomic E-state index is 0.600. The van der Waals surface area contributed by atoms with Gasteiger partial charge in [-0.15, -0.1) is 0 Å². The molecule has 1 heterocycles. The average Bonchev–Trinajstić information content (AvgIpc) is 2.78. The van der Waals surface area contributed by atoms with Crippen molar-refractivity contribution in [2.45, 2.75) is 40.8 Å². The highest BCUT2D eigenvalue weighted by molar-refractivity contribution is 5.37. The van der Waals surface area contributed by atoms with Crippen molar-refractivity contribution in [3.63, 3.8) is 0 Å². The van der Waals surface area contributed by atoms with E-state index in [0.29, 0.717) is 12.5 Å². The monoisotopic (exact) mass is 287 g/mol. The van der Waals surface area contributed by atoms with E-state index in [1.807, 2.05) is 19.1 Å². The van der Waals surface area contributed by atoms with Crippen LogP contribution >= 0.6 is 0 Å². The van der Waals surface area contributed by atoms with Crippen molar-refractivity contribution in [3.8, 4) is 5.75 Å². The van der Waals surface area contributed by atoms with E-state index in [2.05, 4.69) is 54.1 Å². The predicted octanol–water partition coefficient (Wildman–Crippen LogP) is 3.86. The van der Waals surface area contributed by atoms with Crippen LogP contribution in [0.4, 0.5) is 5.82 Å². The van der Waals surface area contributed by atoms with Gasteiger partial charge < -0.3 is 10.1 Å². The van der Waals surface area contributed by atoms with Gasteiger partial charge in [0.1, 0.15) is 11.6 Å². The van der Waals surface area contributed by atoms with Crippen molar-refractivity contribution >= 4 is 5.82 Å². The van der Waals surface area contributed by atoms with Crippen molar-refractivity contribution in [1.82, 2.24) is 9.78 Å². The van der Waals surface area contributed by atoms with Crippen LogP contribution in [0.25, 0.3) is 0 Å². The molecule has 4 nitrogen and oxygen atoms in total. The molecule has 0 fully saturated rings. The molecule has 0 aliphatic carbocycles. The molecule has 0 unspecified atom stereocenters. The first kappa shape index (κ1) is 15.4. The largest absolute Gasteiger partial charge is 0.494 e. The number of rotatable bonds is 7. The van der Waals surface area contributed by atoms with Crippen LogP contribution in [0.2, 0.25) is 0 Å². The fraction of sp³-hybridized carbons (Fsp3) is 0.471. The molecule has 1 aromatic heterocycles. The molecule has 1 N–H and O–H groups in total. The van der Waals surface area contributed by atoms with Gasteiger partial charge in [0.25, 0.3) is 0 Å². The Morgan fingerprint density at radius 3 is 2.57 bits per heavy atom. The molecule has 0 saturated heterocycles. The second-order valence-electron chi connectivity index (χ2n) is 5.68. The van der Waals surface area contributed by atoms with Crippen molar-refractivity contribution in [2.24, 2.45) is 5.92 Å². The zero-order chi connectivity index (χ0) is 15.2. The Labute approximate surface area is 127 Å². The van der Waals surface area contributed by atoms with E-state index in [9.17, 15) is 0 Å². The standard InChI is InChI=1S/C17H25N3O/c1-5-21-16-8-6-15(7-9-16)11-18-17-10-14(4)20(19-17)12-13(2)3/h6-10,13H,5,11-12H2,1-4H3,(H,18,19). The van der Waals surface area contributed by atoms with E-state index >= 15 is 0 Å². The molecular weight excluding hydrogens is 262 g/mol. The van der Waals surface area contributed by atoms with Gasteiger partial charge in [-0.05, 0) is 37.5 Å². The van der Waals surface area contributed by atoms with Gasteiger partial charge in [-0.1, -0.05) is 26.0 Å². The SMILES string of the molecule is CCOc1ccc(CNc2cc(C)n(CC(C)C)n2)cc1. The highest BCUT2D eigenvalue weighted by Gasteiger charge is 2.05. The molecule has 2 aromatic rings. The lowest BCUT2D eigenvalue weighted by Crippen LogP contribution is -2.08. The van der Waals surface area contributed by atoms with Crippen molar-refractivity contribution in [3.05, 3.63) is 41.6 Å². The van der Waals surface area contributed by atoms with Gasteiger partial charge in [-0.3, -0.25) is 4.68 Å². The Morgan fingerprint density at radius 2 is 1.95 bits per heavy atom. The van der Waals surface area contributed by atoms with Crippen molar-refractivity contribution in [1.29, 1.82) is 0 Å². The van der Waals surface area contributed by atoms with Crippen LogP contribution in [0.15, 0.2) is 30.3 Å². The van der Waals surface area contributed by atoms with Crippen molar-refractivity contribution in [2.75, 3.05) is 11.9 Å². The van der Waals surface area contributed by atoms with Gasteiger partial charge in [0.2, 0.25) is 0 Å². The Kier molecular flexibility index (Phi) is 5.26. The van der Waals surface area contributed by atoms with E-state index in [4.69, 9.17) is 4.74 Å². The fourth-order valence-electron chi connectivity index (χ4n) is 2.19. The number of nitrogens with one attached hydrogen (secondary N) is 1. The Bertz CT molecular complexity index is 558. The minimum Gasteiger partial charge on any atom is -0.494 e. The molecule has 0 bridgehead atoms. The maximum Gasteiger partial charge on any atom is 0.148 e. The van der Waals surface area contributed by atoms with E-state index in [1.54, 1.807) is 0 Å². The average molecular weight is 287 g/mol. The van der Waals surface area contributed by atoms with Gasteiger partial charge >= 0.3 is 0 Å². The van der Waals surface area contributed by atoms with Crippen LogP contribution in [0.5, 0.6) is 5.75 Å². The lowest BCUT2D eigenvalue weighted by molar-refractivity contribution is 0.340. The van der Waals surface area contributed by atoms with Crippen LogP contribution in [0.3, 0.4) is 0 Å². The minimum absolute atomic E-state index is 0.600. The summed E-state index contributed by atoms with van der Waals surface area (Å²) in [6, 6.07) is 10.3. The van der Waals surface area contributed by atoms with E-state index < -0.39 is 0 Å². The first-order valence-electron chi connectivity index (χ1n) is 7.58. The lowest BCUT2D eigenvalue weighted by atomic mass is 10.2. The first-order chi connectivity index (χ1) is 10.1. The second-order valence-corrected chi connectivity index (χ2v) is 5.68. The normalized spacial score (nSPS) is 10.9. The molecule has 114 valence electrons. The molecule has 2 rings (SSSR count). The summed E-state index contributed by atoms with van der Waals surface area (Å²) in [4.78, 5) is 0. The summed E-state index contributed by atoms with van der Waals surface area (Å²) in [6.07, 6.45) is 0. The number of anilines is 1. The Balaban J connectivity index is 1.93. The summed E-state index contributed by atoms with van der Waals surface area (Å²) in [6.45, 7) is 10.9. The topological polar surface area (TPSA) is 39.1 Å². The lowest BCUT2D eigenvalue weighted by Gasteiger charge is -2.07. The molecule has 0 aliphatic heterocycles. The second kappa shape index (κ2) is 7.16. The summed E-state index contributed by atoms with van der Waals surface area (Å²) < 4.78 is 7.50. The number of aryl methyl sites for hydroxylation is 1. The van der Waals surface area contributed by atoms with E-state index in [0.717, 1.165) is 24.7 Å². The predicted molar refractivity (Wildman–Crippen MR) is 86.7 cm³/mol. The molecule has 0 saturated carbocycles. The summed E-state index contributed by atoms with van der Waals surface area (Å²) in [7, 11) is 0. The van der Waals surface area contributed by atoms with Gasteiger partial charge in [0.15, 0.2) is 0 Å². The Hall–Kier alpha value is -1.97. The molecule has 4 heteroatoms. The zero-order valence-electron chi connectivity index (χ0n) is 13.4. The highest BCUT2D eigenvalue weighted by atomic mass is 16.5. The van der Waals surface area contributed by atoms with Gasteiger partial charge in [0.05, 0.1) is 6.61 Å². The molecule has 0 radical (unpaired) electrons. The molecule has 1 aromatic carbocycles.